The first-order valence-corrected chi connectivity index (χ1v) is 8.13. The van der Waals surface area contributed by atoms with Gasteiger partial charge in [0.2, 0.25) is 0 Å². The van der Waals surface area contributed by atoms with E-state index in [1.54, 1.807) is 0 Å². The number of piperidine rings is 1. The second kappa shape index (κ2) is 5.13. The van der Waals surface area contributed by atoms with E-state index in [2.05, 4.69) is 17.1 Å². The third-order valence-electron chi connectivity index (χ3n) is 5.89. The fourth-order valence-corrected chi connectivity index (χ4v) is 4.53. The molecule has 0 radical (unpaired) electrons. The van der Waals surface area contributed by atoms with E-state index in [0.29, 0.717) is 5.41 Å². The Morgan fingerprint density at radius 2 is 1.67 bits per heavy atom. The van der Waals surface area contributed by atoms with E-state index in [1.165, 1.54) is 84.1 Å². The molecule has 1 saturated carbocycles. The van der Waals surface area contributed by atoms with Crippen molar-refractivity contribution in [2.45, 2.75) is 58.3 Å². The second-order valence-corrected chi connectivity index (χ2v) is 7.57. The van der Waals surface area contributed by atoms with Gasteiger partial charge in [-0.05, 0) is 62.6 Å². The Labute approximate surface area is 113 Å². The highest BCUT2D eigenvalue weighted by Gasteiger charge is 2.38. The number of hydrogen-bond acceptors (Lipinski definition) is 2. The van der Waals surface area contributed by atoms with Crippen LogP contribution in [-0.4, -0.2) is 37.6 Å². The monoisotopic (exact) mass is 250 g/mol. The molecule has 2 nitrogen and oxygen atoms in total. The molecule has 1 aliphatic carbocycles. The molecule has 2 aliphatic heterocycles. The molecule has 1 N–H and O–H groups in total. The van der Waals surface area contributed by atoms with Gasteiger partial charge in [-0.3, -0.25) is 0 Å². The topological polar surface area (TPSA) is 15.3 Å². The third-order valence-corrected chi connectivity index (χ3v) is 5.89. The Morgan fingerprint density at radius 3 is 2.28 bits per heavy atom. The average Bonchev–Trinajstić information content (AvgIpc) is 2.81. The zero-order valence-corrected chi connectivity index (χ0v) is 12.1. The maximum Gasteiger partial charge on any atom is 0.00480 e. The Kier molecular flexibility index (Phi) is 3.68. The summed E-state index contributed by atoms with van der Waals surface area (Å²) in [4.78, 5) is 2.76. The van der Waals surface area contributed by atoms with E-state index in [0.717, 1.165) is 5.41 Å². The molecule has 1 atom stereocenters. The number of nitrogens with one attached hydrogen (secondary N) is 1. The fourth-order valence-electron chi connectivity index (χ4n) is 4.53. The van der Waals surface area contributed by atoms with Crippen molar-refractivity contribution in [3.63, 3.8) is 0 Å². The Balaban J connectivity index is 1.50. The molecule has 104 valence electrons. The molecule has 2 saturated heterocycles. The molecule has 0 aromatic heterocycles. The smallest absolute Gasteiger partial charge is 0.00480 e. The van der Waals surface area contributed by atoms with Crippen LogP contribution in [0.25, 0.3) is 0 Å². The van der Waals surface area contributed by atoms with E-state index < -0.39 is 0 Å². The van der Waals surface area contributed by atoms with Crippen LogP contribution < -0.4 is 5.32 Å². The van der Waals surface area contributed by atoms with Gasteiger partial charge in [0.15, 0.2) is 0 Å². The van der Waals surface area contributed by atoms with E-state index in [4.69, 9.17) is 0 Å². The van der Waals surface area contributed by atoms with Crippen molar-refractivity contribution in [1.29, 1.82) is 0 Å². The van der Waals surface area contributed by atoms with Crippen LogP contribution in [0, 0.1) is 10.8 Å². The minimum atomic E-state index is 0.553. The molecule has 2 heteroatoms. The predicted molar refractivity (Wildman–Crippen MR) is 76.8 cm³/mol. The van der Waals surface area contributed by atoms with Gasteiger partial charge in [0.05, 0.1) is 0 Å². The largest absolute Gasteiger partial charge is 0.316 e. The molecule has 18 heavy (non-hydrogen) atoms. The highest BCUT2D eigenvalue weighted by molar-refractivity contribution is 4.92. The molecule has 0 aromatic carbocycles. The maximum absolute atomic E-state index is 3.53. The van der Waals surface area contributed by atoms with E-state index in [1.807, 2.05) is 0 Å². The van der Waals surface area contributed by atoms with Gasteiger partial charge in [0.1, 0.15) is 0 Å². The lowest BCUT2D eigenvalue weighted by molar-refractivity contribution is 0.0487. The lowest BCUT2D eigenvalue weighted by Gasteiger charge is -2.46. The molecule has 3 rings (SSSR count). The zero-order chi connectivity index (χ0) is 12.5. The van der Waals surface area contributed by atoms with Gasteiger partial charge in [-0.25, -0.2) is 0 Å². The Hall–Kier alpha value is -0.0800. The van der Waals surface area contributed by atoms with Crippen LogP contribution >= 0.6 is 0 Å². The van der Waals surface area contributed by atoms with Crippen LogP contribution in [0.1, 0.15) is 58.3 Å². The Bertz CT molecular complexity index is 265. The van der Waals surface area contributed by atoms with Gasteiger partial charge in [-0.15, -0.1) is 0 Å². The third kappa shape index (κ3) is 2.75. The van der Waals surface area contributed by atoms with Crippen LogP contribution in [0.15, 0.2) is 0 Å². The van der Waals surface area contributed by atoms with E-state index in [-0.39, 0.29) is 0 Å². The van der Waals surface area contributed by atoms with Crippen molar-refractivity contribution in [1.82, 2.24) is 10.2 Å². The van der Waals surface area contributed by atoms with Gasteiger partial charge in [0, 0.05) is 13.1 Å². The molecule has 3 fully saturated rings. The van der Waals surface area contributed by atoms with Crippen LogP contribution in [0.2, 0.25) is 0 Å². The normalized spacial score (nSPS) is 37.2. The van der Waals surface area contributed by atoms with Gasteiger partial charge in [0.25, 0.3) is 0 Å². The number of hydrogen-bond donors (Lipinski definition) is 1. The van der Waals surface area contributed by atoms with Crippen LogP contribution in [0.4, 0.5) is 0 Å². The first kappa shape index (κ1) is 12.9. The van der Waals surface area contributed by atoms with Crippen LogP contribution in [0.5, 0.6) is 0 Å². The van der Waals surface area contributed by atoms with Gasteiger partial charge >= 0.3 is 0 Å². The summed E-state index contributed by atoms with van der Waals surface area (Å²) >= 11 is 0. The van der Waals surface area contributed by atoms with E-state index >= 15 is 0 Å². The van der Waals surface area contributed by atoms with Crippen molar-refractivity contribution >= 4 is 0 Å². The number of likely N-dealkylation sites (tertiary alicyclic amines) is 1. The first-order chi connectivity index (χ1) is 8.70. The van der Waals surface area contributed by atoms with E-state index in [9.17, 15) is 0 Å². The molecule has 2 heterocycles. The van der Waals surface area contributed by atoms with Crippen LogP contribution in [0.3, 0.4) is 0 Å². The molecular weight excluding hydrogens is 220 g/mol. The molecule has 3 aliphatic rings. The van der Waals surface area contributed by atoms with Gasteiger partial charge in [-0.2, -0.15) is 0 Å². The molecule has 1 spiro atoms. The lowest BCUT2D eigenvalue weighted by atomic mass is 9.68. The molecule has 0 amide bonds. The average molecular weight is 250 g/mol. The van der Waals surface area contributed by atoms with Crippen LogP contribution in [-0.2, 0) is 0 Å². The summed E-state index contributed by atoms with van der Waals surface area (Å²) in [5.41, 5.74) is 1.32. The van der Waals surface area contributed by atoms with Crippen molar-refractivity contribution in [3.8, 4) is 0 Å². The second-order valence-electron chi connectivity index (χ2n) is 7.57. The Morgan fingerprint density at radius 1 is 0.944 bits per heavy atom. The van der Waals surface area contributed by atoms with Gasteiger partial charge in [-0.1, -0.05) is 26.2 Å². The summed E-state index contributed by atoms with van der Waals surface area (Å²) in [6.45, 7) is 9.00. The summed E-state index contributed by atoms with van der Waals surface area (Å²) < 4.78 is 0. The summed E-state index contributed by atoms with van der Waals surface area (Å²) in [6, 6.07) is 0. The number of rotatable bonds is 2. The minimum Gasteiger partial charge on any atom is -0.316 e. The first-order valence-electron chi connectivity index (χ1n) is 8.13. The lowest BCUT2D eigenvalue weighted by Crippen LogP contribution is -2.45. The summed E-state index contributed by atoms with van der Waals surface area (Å²) in [5, 5.41) is 3.53. The van der Waals surface area contributed by atoms with Gasteiger partial charge < -0.3 is 10.2 Å². The highest BCUT2D eigenvalue weighted by Crippen LogP contribution is 2.44. The molecule has 1 unspecified atom stereocenters. The summed E-state index contributed by atoms with van der Waals surface area (Å²) in [6.07, 6.45) is 11.9. The molecular formula is C16H30N2. The quantitative estimate of drug-likeness (QED) is 0.810. The maximum atomic E-state index is 3.53. The standard InChI is InChI=1S/C16H30N2/c1-15(7-10-17-13-15)14-18-11-8-16(9-12-18)5-3-2-4-6-16/h17H,2-14H2,1H3. The summed E-state index contributed by atoms with van der Waals surface area (Å²) in [7, 11) is 0. The number of nitrogens with zero attached hydrogens (tertiary/aromatic N) is 1. The highest BCUT2D eigenvalue weighted by atomic mass is 15.1. The SMILES string of the molecule is CC1(CN2CCC3(CCCCC3)CC2)CCNC1. The fraction of sp³-hybridized carbons (Fsp3) is 1.00. The minimum absolute atomic E-state index is 0.553. The summed E-state index contributed by atoms with van der Waals surface area (Å²) in [5.74, 6) is 0. The van der Waals surface area contributed by atoms with Crippen molar-refractivity contribution in [2.75, 3.05) is 32.7 Å². The molecule has 0 aromatic rings. The van der Waals surface area contributed by atoms with Crippen molar-refractivity contribution in [3.05, 3.63) is 0 Å². The predicted octanol–water partition coefficient (Wildman–Crippen LogP) is 3.03. The molecule has 0 bridgehead atoms. The van der Waals surface area contributed by atoms with Crippen molar-refractivity contribution < 1.29 is 0 Å². The van der Waals surface area contributed by atoms with Crippen molar-refractivity contribution in [2.24, 2.45) is 10.8 Å². The zero-order valence-electron chi connectivity index (χ0n) is 12.1.